The fourth-order valence-corrected chi connectivity index (χ4v) is 1.77. The Bertz CT molecular complexity index is 496. The van der Waals surface area contributed by atoms with Crippen molar-refractivity contribution in [2.75, 3.05) is 7.05 Å². The van der Waals surface area contributed by atoms with Crippen LogP contribution in [0.4, 0.5) is 4.39 Å². The Balaban J connectivity index is 2.36. The molecule has 0 bridgehead atoms. The molecule has 0 saturated heterocycles. The van der Waals surface area contributed by atoms with Gasteiger partial charge in [0.25, 0.3) is 0 Å². The molecule has 84 valence electrons. The van der Waals surface area contributed by atoms with Gasteiger partial charge in [-0.15, -0.1) is 0 Å². The number of aromatic nitrogens is 2. The zero-order chi connectivity index (χ0) is 11.5. The highest BCUT2D eigenvalue weighted by molar-refractivity contribution is 9.10. The fourth-order valence-electron chi connectivity index (χ4n) is 1.48. The molecule has 0 spiro atoms. The van der Waals surface area contributed by atoms with Crippen molar-refractivity contribution in [3.63, 3.8) is 0 Å². The van der Waals surface area contributed by atoms with Crippen LogP contribution >= 0.6 is 15.9 Å². The van der Waals surface area contributed by atoms with Crippen LogP contribution in [0.25, 0.3) is 5.69 Å². The molecule has 1 heterocycles. The lowest BCUT2D eigenvalue weighted by Gasteiger charge is -2.05. The van der Waals surface area contributed by atoms with Crippen molar-refractivity contribution in [3.05, 3.63) is 46.4 Å². The average molecular weight is 284 g/mol. The highest BCUT2D eigenvalue weighted by atomic mass is 79.9. The number of nitrogens with one attached hydrogen (secondary N) is 1. The third-order valence-corrected chi connectivity index (χ3v) is 2.60. The zero-order valence-electron chi connectivity index (χ0n) is 8.74. The lowest BCUT2D eigenvalue weighted by atomic mass is 10.2. The van der Waals surface area contributed by atoms with E-state index in [-0.39, 0.29) is 5.82 Å². The number of hydrogen-bond donors (Lipinski definition) is 1. The summed E-state index contributed by atoms with van der Waals surface area (Å²) < 4.78 is 16.1. The van der Waals surface area contributed by atoms with Gasteiger partial charge in [0, 0.05) is 12.7 Å². The van der Waals surface area contributed by atoms with Crippen LogP contribution in [0.15, 0.2) is 35.1 Å². The van der Waals surface area contributed by atoms with Crippen LogP contribution in [-0.4, -0.2) is 16.8 Å². The van der Waals surface area contributed by atoms with E-state index in [0.29, 0.717) is 12.2 Å². The standard InChI is InChI=1S/C11H11BrFN3/c1-14-5-8-2-3-11(10(13)4-8)16-7-9(12)6-15-16/h2-4,6-7,14H,5H2,1H3. The van der Waals surface area contributed by atoms with Gasteiger partial charge in [-0.05, 0) is 40.7 Å². The minimum atomic E-state index is -0.275. The van der Waals surface area contributed by atoms with Gasteiger partial charge in [-0.25, -0.2) is 9.07 Å². The Kier molecular flexibility index (Phi) is 3.36. The Hall–Kier alpha value is -1.20. The molecule has 0 unspecified atom stereocenters. The molecule has 3 nitrogen and oxygen atoms in total. The van der Waals surface area contributed by atoms with Crippen molar-refractivity contribution in [1.82, 2.24) is 15.1 Å². The summed E-state index contributed by atoms with van der Waals surface area (Å²) in [5.74, 6) is -0.275. The molecular formula is C11H11BrFN3. The molecule has 2 aromatic rings. The molecule has 0 amide bonds. The van der Waals surface area contributed by atoms with Crippen molar-refractivity contribution in [1.29, 1.82) is 0 Å². The molecule has 0 aliphatic heterocycles. The van der Waals surface area contributed by atoms with E-state index in [9.17, 15) is 4.39 Å². The summed E-state index contributed by atoms with van der Waals surface area (Å²) in [6.07, 6.45) is 3.34. The Morgan fingerprint density at radius 1 is 1.50 bits per heavy atom. The van der Waals surface area contributed by atoms with E-state index in [4.69, 9.17) is 0 Å². The van der Waals surface area contributed by atoms with Crippen molar-refractivity contribution < 1.29 is 4.39 Å². The van der Waals surface area contributed by atoms with E-state index in [2.05, 4.69) is 26.3 Å². The number of halogens is 2. The summed E-state index contributed by atoms with van der Waals surface area (Å²) in [6, 6.07) is 5.12. The largest absolute Gasteiger partial charge is 0.316 e. The number of benzene rings is 1. The first kappa shape index (κ1) is 11.3. The van der Waals surface area contributed by atoms with Crippen molar-refractivity contribution >= 4 is 15.9 Å². The lowest BCUT2D eigenvalue weighted by Crippen LogP contribution is -2.06. The Morgan fingerprint density at radius 3 is 2.88 bits per heavy atom. The van der Waals surface area contributed by atoms with Crippen LogP contribution in [0.3, 0.4) is 0 Å². The maximum Gasteiger partial charge on any atom is 0.149 e. The molecule has 2 rings (SSSR count). The second-order valence-electron chi connectivity index (χ2n) is 3.42. The van der Waals surface area contributed by atoms with Crippen LogP contribution in [0.1, 0.15) is 5.56 Å². The summed E-state index contributed by atoms with van der Waals surface area (Å²) in [5.41, 5.74) is 1.36. The molecule has 0 aliphatic rings. The van der Waals surface area contributed by atoms with E-state index < -0.39 is 0 Å². The highest BCUT2D eigenvalue weighted by Gasteiger charge is 2.06. The first-order chi connectivity index (χ1) is 7.70. The summed E-state index contributed by atoms with van der Waals surface area (Å²) >= 11 is 3.28. The van der Waals surface area contributed by atoms with Gasteiger partial charge >= 0.3 is 0 Å². The molecular weight excluding hydrogens is 273 g/mol. The van der Waals surface area contributed by atoms with Gasteiger partial charge in [-0.3, -0.25) is 0 Å². The van der Waals surface area contributed by atoms with Crippen molar-refractivity contribution in [2.45, 2.75) is 6.54 Å². The smallest absolute Gasteiger partial charge is 0.149 e. The van der Waals surface area contributed by atoms with Gasteiger partial charge in [-0.2, -0.15) is 5.10 Å². The quantitative estimate of drug-likeness (QED) is 0.938. The van der Waals surface area contributed by atoms with E-state index in [1.54, 1.807) is 18.5 Å². The molecule has 1 aromatic carbocycles. The van der Waals surface area contributed by atoms with Crippen LogP contribution in [0, 0.1) is 5.82 Å². The maximum atomic E-state index is 13.8. The van der Waals surface area contributed by atoms with E-state index in [1.807, 2.05) is 13.1 Å². The number of rotatable bonds is 3. The van der Waals surface area contributed by atoms with Crippen LogP contribution in [0.5, 0.6) is 0 Å². The van der Waals surface area contributed by atoms with E-state index in [0.717, 1.165) is 10.0 Å². The molecule has 0 radical (unpaired) electrons. The van der Waals surface area contributed by atoms with Gasteiger partial charge in [-0.1, -0.05) is 6.07 Å². The minimum Gasteiger partial charge on any atom is -0.316 e. The summed E-state index contributed by atoms with van der Waals surface area (Å²) in [5, 5.41) is 7.01. The van der Waals surface area contributed by atoms with Gasteiger partial charge in [0.15, 0.2) is 0 Å². The van der Waals surface area contributed by atoms with Crippen molar-refractivity contribution in [3.8, 4) is 5.69 Å². The zero-order valence-corrected chi connectivity index (χ0v) is 10.3. The molecule has 1 N–H and O–H groups in total. The molecule has 16 heavy (non-hydrogen) atoms. The van der Waals surface area contributed by atoms with Gasteiger partial charge in [0.05, 0.1) is 10.7 Å². The molecule has 0 fully saturated rings. The third-order valence-electron chi connectivity index (χ3n) is 2.19. The second kappa shape index (κ2) is 4.76. The fraction of sp³-hybridized carbons (Fsp3) is 0.182. The number of hydrogen-bond acceptors (Lipinski definition) is 2. The Labute approximate surface area is 101 Å². The molecule has 0 aliphatic carbocycles. The molecule has 0 atom stereocenters. The second-order valence-corrected chi connectivity index (χ2v) is 4.33. The summed E-state index contributed by atoms with van der Waals surface area (Å²) in [4.78, 5) is 0. The van der Waals surface area contributed by atoms with Crippen LogP contribution < -0.4 is 5.32 Å². The normalized spacial score (nSPS) is 10.7. The SMILES string of the molecule is CNCc1ccc(-n2cc(Br)cn2)c(F)c1. The number of nitrogens with zero attached hydrogens (tertiary/aromatic N) is 2. The Morgan fingerprint density at radius 2 is 2.31 bits per heavy atom. The van der Waals surface area contributed by atoms with Gasteiger partial charge < -0.3 is 5.32 Å². The van der Waals surface area contributed by atoms with Gasteiger partial charge in [0.1, 0.15) is 11.5 Å². The van der Waals surface area contributed by atoms with Crippen molar-refractivity contribution in [2.24, 2.45) is 0 Å². The van der Waals surface area contributed by atoms with Crippen LogP contribution in [0.2, 0.25) is 0 Å². The van der Waals surface area contributed by atoms with Crippen LogP contribution in [-0.2, 0) is 6.54 Å². The minimum absolute atomic E-state index is 0.275. The highest BCUT2D eigenvalue weighted by Crippen LogP contribution is 2.17. The maximum absolute atomic E-state index is 13.8. The first-order valence-corrected chi connectivity index (χ1v) is 5.63. The van der Waals surface area contributed by atoms with E-state index >= 15 is 0 Å². The third kappa shape index (κ3) is 2.31. The molecule has 0 saturated carbocycles. The predicted octanol–water partition coefficient (Wildman–Crippen LogP) is 2.49. The molecule has 5 heteroatoms. The average Bonchev–Trinajstić information content (AvgIpc) is 2.65. The molecule has 1 aromatic heterocycles. The lowest BCUT2D eigenvalue weighted by molar-refractivity contribution is 0.607. The first-order valence-electron chi connectivity index (χ1n) is 4.84. The van der Waals surface area contributed by atoms with Gasteiger partial charge in [0.2, 0.25) is 0 Å². The summed E-state index contributed by atoms with van der Waals surface area (Å²) in [7, 11) is 1.83. The monoisotopic (exact) mass is 283 g/mol. The predicted molar refractivity (Wildman–Crippen MR) is 64.0 cm³/mol. The topological polar surface area (TPSA) is 29.9 Å². The summed E-state index contributed by atoms with van der Waals surface area (Å²) in [6.45, 7) is 0.653. The van der Waals surface area contributed by atoms with E-state index in [1.165, 1.54) is 10.7 Å².